The molecule has 0 aliphatic heterocycles. The Balaban J connectivity index is 2.11. The zero-order chi connectivity index (χ0) is 15.2. The number of nitrogens with one attached hydrogen (secondary N) is 1. The Hall–Kier alpha value is -2.08. The van der Waals surface area contributed by atoms with Crippen LogP contribution in [0.15, 0.2) is 23.0 Å². The number of hydrogen-bond acceptors (Lipinski definition) is 3. The zero-order valence-electron chi connectivity index (χ0n) is 12.2. The number of nitrogens with zero attached hydrogens (tertiary/aromatic N) is 2. The quantitative estimate of drug-likeness (QED) is 0.894. The van der Waals surface area contributed by atoms with E-state index in [4.69, 9.17) is 0 Å². The number of para-hydroxylation sites is 1. The third-order valence-corrected chi connectivity index (χ3v) is 4.73. The van der Waals surface area contributed by atoms with E-state index in [0.29, 0.717) is 17.6 Å². The van der Waals surface area contributed by atoms with Crippen molar-refractivity contribution in [3.8, 4) is 0 Å². The summed E-state index contributed by atoms with van der Waals surface area (Å²) < 4.78 is 1.67. The number of benzene rings is 1. The van der Waals surface area contributed by atoms with Gasteiger partial charge in [-0.2, -0.15) is 0 Å². The number of carbonyl (C=O) groups is 1. The Morgan fingerprint density at radius 1 is 1.43 bits per heavy atom. The van der Waals surface area contributed by atoms with Crippen molar-refractivity contribution in [1.29, 1.82) is 0 Å². The van der Waals surface area contributed by atoms with Crippen molar-refractivity contribution in [3.05, 3.63) is 34.2 Å². The molecule has 0 amide bonds. The van der Waals surface area contributed by atoms with Crippen molar-refractivity contribution in [2.45, 2.75) is 31.3 Å². The molecule has 112 valence electrons. The second kappa shape index (κ2) is 4.73. The van der Waals surface area contributed by atoms with Crippen LogP contribution in [-0.4, -0.2) is 45.2 Å². The predicted octanol–water partition coefficient (Wildman–Crippen LogP) is 1.51. The van der Waals surface area contributed by atoms with Crippen LogP contribution in [0.5, 0.6) is 0 Å². The number of imidazole rings is 1. The average Bonchev–Trinajstić information content (AvgIpc) is 2.68. The van der Waals surface area contributed by atoms with Gasteiger partial charge in [0.05, 0.1) is 16.6 Å². The summed E-state index contributed by atoms with van der Waals surface area (Å²) in [4.78, 5) is 28.4. The van der Waals surface area contributed by atoms with Gasteiger partial charge in [0, 0.05) is 12.1 Å². The molecule has 1 aromatic heterocycles. The Morgan fingerprint density at radius 2 is 2.14 bits per heavy atom. The van der Waals surface area contributed by atoms with Crippen molar-refractivity contribution in [2.75, 3.05) is 14.1 Å². The number of carboxylic acids is 1. The van der Waals surface area contributed by atoms with Crippen LogP contribution in [-0.2, 0) is 6.54 Å². The van der Waals surface area contributed by atoms with Gasteiger partial charge in [-0.3, -0.25) is 4.57 Å². The largest absolute Gasteiger partial charge is 0.478 e. The van der Waals surface area contributed by atoms with E-state index in [-0.39, 0.29) is 16.8 Å². The standard InChI is InChI=1S/C15H19N3O3/c1-17(2)15(7-4-8-15)9-18-11-6-3-5-10(13(19)20)12(11)16-14(18)21/h3,5-6H,4,7-9H2,1-2H3,(H,16,21)(H,19,20). The van der Waals surface area contributed by atoms with Gasteiger partial charge in [-0.05, 0) is 45.5 Å². The number of H-pyrrole nitrogens is 1. The summed E-state index contributed by atoms with van der Waals surface area (Å²) in [7, 11) is 4.06. The minimum Gasteiger partial charge on any atom is -0.478 e. The fourth-order valence-electron chi connectivity index (χ4n) is 3.14. The molecule has 6 nitrogen and oxygen atoms in total. The van der Waals surface area contributed by atoms with Crippen LogP contribution in [0.1, 0.15) is 29.6 Å². The molecule has 1 saturated carbocycles. The number of hydrogen-bond donors (Lipinski definition) is 2. The highest BCUT2D eigenvalue weighted by Gasteiger charge is 2.40. The molecular formula is C15H19N3O3. The molecule has 0 atom stereocenters. The van der Waals surface area contributed by atoms with E-state index < -0.39 is 5.97 Å². The van der Waals surface area contributed by atoms with Crippen molar-refractivity contribution in [2.24, 2.45) is 0 Å². The number of aromatic carboxylic acids is 1. The van der Waals surface area contributed by atoms with Crippen molar-refractivity contribution >= 4 is 17.0 Å². The first kappa shape index (κ1) is 13.9. The first-order chi connectivity index (χ1) is 9.94. The van der Waals surface area contributed by atoms with Crippen LogP contribution < -0.4 is 5.69 Å². The Bertz CT molecular complexity index is 753. The molecule has 2 aromatic rings. The third kappa shape index (κ3) is 2.06. The second-order valence-electron chi connectivity index (χ2n) is 5.99. The summed E-state index contributed by atoms with van der Waals surface area (Å²) in [5, 5.41) is 9.22. The molecule has 0 radical (unpaired) electrons. The Labute approximate surface area is 122 Å². The summed E-state index contributed by atoms with van der Waals surface area (Å²) in [5.41, 5.74) is 0.956. The van der Waals surface area contributed by atoms with E-state index >= 15 is 0 Å². The van der Waals surface area contributed by atoms with E-state index in [1.165, 1.54) is 6.07 Å². The number of fused-ring (bicyclic) bond motifs is 1. The monoisotopic (exact) mass is 289 g/mol. The lowest BCUT2D eigenvalue weighted by Crippen LogP contribution is -2.54. The van der Waals surface area contributed by atoms with Crippen molar-refractivity contribution in [3.63, 3.8) is 0 Å². The number of rotatable bonds is 4. The first-order valence-corrected chi connectivity index (χ1v) is 7.07. The van der Waals surface area contributed by atoms with Gasteiger partial charge in [-0.15, -0.1) is 0 Å². The molecule has 0 saturated heterocycles. The van der Waals surface area contributed by atoms with Gasteiger partial charge in [0.25, 0.3) is 0 Å². The summed E-state index contributed by atoms with van der Waals surface area (Å²) in [6.45, 7) is 0.585. The minimum atomic E-state index is -1.03. The zero-order valence-corrected chi connectivity index (χ0v) is 12.2. The van der Waals surface area contributed by atoms with E-state index in [1.807, 2.05) is 14.1 Å². The maximum atomic E-state index is 12.2. The summed E-state index contributed by atoms with van der Waals surface area (Å²) in [6.07, 6.45) is 3.27. The molecule has 3 rings (SSSR count). The molecule has 1 aliphatic rings. The number of likely N-dealkylation sites (N-methyl/N-ethyl adjacent to an activating group) is 1. The van der Waals surface area contributed by atoms with E-state index in [2.05, 4.69) is 9.88 Å². The fraction of sp³-hybridized carbons (Fsp3) is 0.467. The van der Waals surface area contributed by atoms with Gasteiger partial charge in [0.2, 0.25) is 0 Å². The molecule has 0 bridgehead atoms. The molecular weight excluding hydrogens is 270 g/mol. The molecule has 2 N–H and O–H groups in total. The molecule has 6 heteroatoms. The number of aromatic amines is 1. The van der Waals surface area contributed by atoms with Gasteiger partial charge in [-0.1, -0.05) is 6.07 Å². The maximum Gasteiger partial charge on any atom is 0.337 e. The normalized spacial score (nSPS) is 17.1. The minimum absolute atomic E-state index is 0.00181. The van der Waals surface area contributed by atoms with Crippen molar-refractivity contribution in [1.82, 2.24) is 14.5 Å². The molecule has 1 aliphatic carbocycles. The van der Waals surface area contributed by atoms with E-state index in [0.717, 1.165) is 19.3 Å². The van der Waals surface area contributed by atoms with Gasteiger partial charge in [0.1, 0.15) is 0 Å². The topological polar surface area (TPSA) is 78.3 Å². The lowest BCUT2D eigenvalue weighted by molar-refractivity contribution is 0.0426. The van der Waals surface area contributed by atoms with Crippen LogP contribution >= 0.6 is 0 Å². The van der Waals surface area contributed by atoms with E-state index in [1.54, 1.807) is 16.7 Å². The summed E-state index contributed by atoms with van der Waals surface area (Å²) in [5.74, 6) is -1.03. The first-order valence-electron chi connectivity index (χ1n) is 7.07. The molecule has 1 heterocycles. The third-order valence-electron chi connectivity index (χ3n) is 4.73. The van der Waals surface area contributed by atoms with Gasteiger partial charge >= 0.3 is 11.7 Å². The van der Waals surface area contributed by atoms with E-state index in [9.17, 15) is 14.7 Å². The number of aromatic nitrogens is 2. The highest BCUT2D eigenvalue weighted by Crippen LogP contribution is 2.37. The molecule has 21 heavy (non-hydrogen) atoms. The highest BCUT2D eigenvalue weighted by atomic mass is 16.4. The van der Waals surface area contributed by atoms with Crippen LogP contribution in [0.2, 0.25) is 0 Å². The Kier molecular flexibility index (Phi) is 3.13. The van der Waals surface area contributed by atoms with Crippen LogP contribution in [0.4, 0.5) is 0 Å². The smallest absolute Gasteiger partial charge is 0.337 e. The van der Waals surface area contributed by atoms with Gasteiger partial charge < -0.3 is 15.0 Å². The molecule has 0 spiro atoms. The lowest BCUT2D eigenvalue weighted by atomic mass is 9.75. The summed E-state index contributed by atoms with van der Waals surface area (Å²) >= 11 is 0. The fourth-order valence-corrected chi connectivity index (χ4v) is 3.14. The predicted molar refractivity (Wildman–Crippen MR) is 79.8 cm³/mol. The van der Waals surface area contributed by atoms with Gasteiger partial charge in [-0.25, -0.2) is 9.59 Å². The average molecular weight is 289 g/mol. The second-order valence-corrected chi connectivity index (χ2v) is 5.99. The number of carboxylic acid groups (broad SMARTS) is 1. The SMILES string of the molecule is CN(C)C1(Cn2c(=O)[nH]c3c(C(=O)O)cccc32)CCC1. The lowest BCUT2D eigenvalue weighted by Gasteiger charge is -2.47. The van der Waals surface area contributed by atoms with Crippen molar-refractivity contribution < 1.29 is 9.90 Å². The highest BCUT2D eigenvalue weighted by molar-refractivity contribution is 6.00. The molecule has 1 fully saturated rings. The van der Waals surface area contributed by atoms with Crippen LogP contribution in [0.3, 0.4) is 0 Å². The maximum absolute atomic E-state index is 12.2. The Morgan fingerprint density at radius 3 is 2.67 bits per heavy atom. The summed E-state index contributed by atoms with van der Waals surface area (Å²) in [6, 6.07) is 4.98. The molecule has 0 unspecified atom stereocenters. The molecule has 1 aromatic carbocycles. The van der Waals surface area contributed by atoms with Crippen LogP contribution in [0.25, 0.3) is 11.0 Å². The van der Waals surface area contributed by atoms with Gasteiger partial charge in [0.15, 0.2) is 0 Å². The van der Waals surface area contributed by atoms with Crippen LogP contribution in [0, 0.1) is 0 Å².